The summed E-state index contributed by atoms with van der Waals surface area (Å²) < 4.78 is 35.5. The number of benzene rings is 3. The zero-order valence-corrected chi connectivity index (χ0v) is 32.5. The summed E-state index contributed by atoms with van der Waals surface area (Å²) in [6.45, 7) is 7.01. The van der Waals surface area contributed by atoms with E-state index in [1.54, 1.807) is 43.1 Å². The summed E-state index contributed by atoms with van der Waals surface area (Å²) in [6.07, 6.45) is 3.36. The van der Waals surface area contributed by atoms with Gasteiger partial charge in [0.05, 0.1) is 24.5 Å². The number of ether oxygens (including phenoxy) is 1. The monoisotopic (exact) mass is 773 g/mol. The molecule has 5 heterocycles. The van der Waals surface area contributed by atoms with Crippen LogP contribution in [0.2, 0.25) is 0 Å². The molecule has 1 saturated heterocycles. The van der Waals surface area contributed by atoms with Crippen molar-refractivity contribution in [1.29, 1.82) is 0 Å². The zero-order chi connectivity index (χ0) is 36.9. The number of fused-ring (bicyclic) bond motifs is 3. The van der Waals surface area contributed by atoms with Gasteiger partial charge in [-0.1, -0.05) is 24.3 Å². The number of sulfonamides is 1. The normalized spacial score (nSPS) is 18.7. The number of carbonyl (C=O) groups excluding carboxylic acids is 2. The number of amides is 2. The lowest BCUT2D eigenvalue weighted by atomic mass is 9.91. The van der Waals surface area contributed by atoms with Crippen molar-refractivity contribution in [1.82, 2.24) is 18.7 Å². The van der Waals surface area contributed by atoms with E-state index in [9.17, 15) is 18.3 Å². The largest absolute Gasteiger partial charge is 0.508 e. The summed E-state index contributed by atoms with van der Waals surface area (Å²) in [7, 11) is -1.73. The van der Waals surface area contributed by atoms with E-state index in [0.29, 0.717) is 43.1 Å². The van der Waals surface area contributed by atoms with Crippen LogP contribution in [0.15, 0.2) is 66.7 Å². The molecule has 286 valence electrons. The third kappa shape index (κ3) is 7.17. The highest BCUT2D eigenvalue weighted by Crippen LogP contribution is 2.39. The summed E-state index contributed by atoms with van der Waals surface area (Å²) in [6, 6.07) is 20.7. The van der Waals surface area contributed by atoms with Crippen LogP contribution in [-0.4, -0.2) is 95.7 Å². The number of nitrogens with zero attached hydrogens (tertiary/aromatic N) is 5. The third-order valence-electron chi connectivity index (χ3n) is 11.5. The summed E-state index contributed by atoms with van der Waals surface area (Å²) in [4.78, 5) is 35.5. The van der Waals surface area contributed by atoms with E-state index in [4.69, 9.17) is 4.74 Å². The first-order valence-electron chi connectivity index (χ1n) is 18.7. The molecule has 0 spiro atoms. The average Bonchev–Trinajstić information content (AvgIpc) is 3.79. The Kier molecular flexibility index (Phi) is 10.9. The van der Waals surface area contributed by atoms with Crippen LogP contribution >= 0.6 is 12.4 Å². The van der Waals surface area contributed by atoms with E-state index in [-0.39, 0.29) is 54.9 Å². The van der Waals surface area contributed by atoms with Gasteiger partial charge in [0.2, 0.25) is 10.0 Å². The fraction of sp³-hybridized carbons (Fsp3) is 0.415. The molecule has 1 N–H and O–H groups in total. The Labute approximate surface area is 323 Å². The number of phenols is 1. The number of aromatic hydroxyl groups is 1. The van der Waals surface area contributed by atoms with Crippen LogP contribution < -0.4 is 4.90 Å². The molecule has 0 saturated carbocycles. The second kappa shape index (κ2) is 15.5. The minimum atomic E-state index is -3.46. The fourth-order valence-electron chi connectivity index (χ4n) is 8.47. The first-order chi connectivity index (χ1) is 25.6. The van der Waals surface area contributed by atoms with Gasteiger partial charge in [0.1, 0.15) is 5.75 Å². The van der Waals surface area contributed by atoms with Gasteiger partial charge >= 0.3 is 0 Å². The van der Waals surface area contributed by atoms with Gasteiger partial charge < -0.3 is 24.2 Å². The summed E-state index contributed by atoms with van der Waals surface area (Å²) in [5.41, 5.74) is 8.34. The maximum Gasteiger partial charge on any atom is 0.259 e. The van der Waals surface area contributed by atoms with Gasteiger partial charge in [-0.25, -0.2) is 8.42 Å². The second-order valence-electron chi connectivity index (χ2n) is 14.7. The number of carbonyl (C=O) groups is 2. The molecule has 1 aromatic heterocycles. The van der Waals surface area contributed by atoms with Crippen LogP contribution in [0.1, 0.15) is 68.4 Å². The number of aromatic nitrogens is 1. The van der Waals surface area contributed by atoms with Gasteiger partial charge in [-0.15, -0.1) is 12.4 Å². The lowest BCUT2D eigenvalue weighted by Gasteiger charge is -2.40. The predicted octanol–water partition coefficient (Wildman–Crippen LogP) is 5.46. The Bertz CT molecular complexity index is 2160. The van der Waals surface area contributed by atoms with Crippen molar-refractivity contribution in [2.45, 2.75) is 64.8 Å². The van der Waals surface area contributed by atoms with E-state index in [0.717, 1.165) is 79.0 Å². The molecular formula is C41H48ClN5O6S. The van der Waals surface area contributed by atoms with Crippen molar-refractivity contribution in [2.75, 3.05) is 50.5 Å². The molecule has 0 unspecified atom stereocenters. The van der Waals surface area contributed by atoms with E-state index in [1.807, 2.05) is 29.2 Å². The van der Waals surface area contributed by atoms with Crippen LogP contribution in [0.3, 0.4) is 0 Å². The fourth-order valence-corrected chi connectivity index (χ4v) is 9.51. The molecule has 2 amide bonds. The maximum absolute atomic E-state index is 15.3. The van der Waals surface area contributed by atoms with Crippen molar-refractivity contribution >= 4 is 39.9 Å². The van der Waals surface area contributed by atoms with Gasteiger partial charge in [0.15, 0.2) is 0 Å². The topological polar surface area (TPSA) is 116 Å². The number of phenolic OH excluding ortho intramolecular Hbond substituents is 1. The molecule has 13 heteroatoms. The highest BCUT2D eigenvalue weighted by Gasteiger charge is 2.37. The van der Waals surface area contributed by atoms with Crippen molar-refractivity contribution in [3.63, 3.8) is 0 Å². The van der Waals surface area contributed by atoms with Gasteiger partial charge in [0.25, 0.3) is 11.8 Å². The lowest BCUT2D eigenvalue weighted by Crippen LogP contribution is -2.52. The Morgan fingerprint density at radius 1 is 0.870 bits per heavy atom. The van der Waals surface area contributed by atoms with Gasteiger partial charge in [0, 0.05) is 87.1 Å². The molecule has 4 aliphatic rings. The number of hydrogen-bond acceptors (Lipinski definition) is 7. The van der Waals surface area contributed by atoms with Crippen LogP contribution in [-0.2, 0) is 53.8 Å². The van der Waals surface area contributed by atoms with Crippen LogP contribution in [0, 0.1) is 0 Å². The standard InChI is InChI=1S/C41H47N5O6S.ClH/c1-3-53(50,51)44-24-30-21-35(39-23-37(38-10-6-7-15-45(38)39)40(48)42(2)32-11-13-34(47)14-12-32)36(22-31(30)25-44)41(49)46-26-29-9-5-4-8-28(29)20-33(46)27-43-16-18-52-19-17-43;/h4-5,8-9,11-14,21-23,33,47H,3,6-7,10,15-20,24-27H2,1-2H3;1H/t33-;/m0./s1. The SMILES string of the molecule is CCS(=O)(=O)N1Cc2cc(C(=O)N3Cc4ccccc4C[C@H]3CN3CCOCC3)c(-c3cc(C(=O)N(C)c4ccc(O)cc4)c4n3CCCC4)cc2C1.Cl. The summed E-state index contributed by atoms with van der Waals surface area (Å²) in [5.74, 6) is -0.128. The minimum absolute atomic E-state index is 0. The number of hydrogen-bond donors (Lipinski definition) is 1. The summed E-state index contributed by atoms with van der Waals surface area (Å²) in [5, 5.41) is 9.85. The molecule has 1 fully saturated rings. The molecule has 0 radical (unpaired) electrons. The van der Waals surface area contributed by atoms with E-state index in [1.165, 1.54) is 9.87 Å². The van der Waals surface area contributed by atoms with Gasteiger partial charge in [-0.3, -0.25) is 14.5 Å². The Morgan fingerprint density at radius 3 is 2.30 bits per heavy atom. The van der Waals surface area contributed by atoms with E-state index < -0.39 is 10.0 Å². The van der Waals surface area contributed by atoms with Crippen molar-refractivity contribution in [3.05, 3.63) is 106 Å². The van der Waals surface area contributed by atoms with E-state index in [2.05, 4.69) is 27.7 Å². The van der Waals surface area contributed by atoms with Gasteiger partial charge in [-0.2, -0.15) is 4.31 Å². The average molecular weight is 774 g/mol. The van der Waals surface area contributed by atoms with Crippen LogP contribution in [0.4, 0.5) is 5.69 Å². The number of anilines is 1. The maximum atomic E-state index is 15.3. The summed E-state index contributed by atoms with van der Waals surface area (Å²) >= 11 is 0. The molecule has 0 aliphatic carbocycles. The lowest BCUT2D eigenvalue weighted by molar-refractivity contribution is 0.0193. The molecule has 1 atom stereocenters. The molecule has 54 heavy (non-hydrogen) atoms. The number of rotatable bonds is 8. The molecule has 3 aromatic carbocycles. The predicted molar refractivity (Wildman–Crippen MR) is 211 cm³/mol. The van der Waals surface area contributed by atoms with Crippen LogP contribution in [0.25, 0.3) is 11.3 Å². The highest BCUT2D eigenvalue weighted by molar-refractivity contribution is 7.89. The Hall–Kier alpha value is -4.20. The minimum Gasteiger partial charge on any atom is -0.508 e. The molecule has 8 rings (SSSR count). The molecule has 0 bridgehead atoms. The highest BCUT2D eigenvalue weighted by atomic mass is 35.5. The van der Waals surface area contributed by atoms with Gasteiger partial charge in [-0.05, 0) is 97.3 Å². The molecule has 4 aliphatic heterocycles. The zero-order valence-electron chi connectivity index (χ0n) is 30.9. The first kappa shape index (κ1) is 38.1. The third-order valence-corrected chi connectivity index (χ3v) is 13.3. The number of halogens is 1. The quantitative estimate of drug-likeness (QED) is 0.253. The smallest absolute Gasteiger partial charge is 0.259 e. The molecule has 4 aromatic rings. The molecule has 11 nitrogen and oxygen atoms in total. The number of morpholine rings is 1. The second-order valence-corrected chi connectivity index (χ2v) is 16.9. The van der Waals surface area contributed by atoms with Crippen molar-refractivity contribution in [3.8, 4) is 17.0 Å². The Balaban J connectivity index is 0.00000450. The Morgan fingerprint density at radius 2 is 1.57 bits per heavy atom. The van der Waals surface area contributed by atoms with Crippen molar-refractivity contribution in [2.24, 2.45) is 0 Å². The van der Waals surface area contributed by atoms with Crippen LogP contribution in [0.5, 0.6) is 5.75 Å². The molecular weight excluding hydrogens is 726 g/mol. The van der Waals surface area contributed by atoms with E-state index >= 15 is 4.79 Å². The van der Waals surface area contributed by atoms with Crippen molar-refractivity contribution < 1.29 is 27.9 Å². The first-order valence-corrected chi connectivity index (χ1v) is 20.3.